The summed E-state index contributed by atoms with van der Waals surface area (Å²) in [6, 6.07) is 11.3. The Labute approximate surface area is 145 Å². The molecule has 128 valence electrons. The molecule has 25 heavy (non-hydrogen) atoms. The van der Waals surface area contributed by atoms with Gasteiger partial charge in [0.15, 0.2) is 0 Å². The predicted molar refractivity (Wildman–Crippen MR) is 94.7 cm³/mol. The van der Waals surface area contributed by atoms with Crippen LogP contribution in [0.15, 0.2) is 42.5 Å². The third-order valence-corrected chi connectivity index (χ3v) is 4.93. The third-order valence-electron chi connectivity index (χ3n) is 4.93. The zero-order chi connectivity index (χ0) is 17.4. The van der Waals surface area contributed by atoms with Crippen LogP contribution in [0.25, 0.3) is 0 Å². The predicted octanol–water partition coefficient (Wildman–Crippen LogP) is 4.01. The fourth-order valence-corrected chi connectivity index (χ4v) is 3.63. The molecule has 0 atom stereocenters. The molecule has 0 aromatic heterocycles. The number of fused-ring (bicyclic) bond motifs is 1. The number of carbonyl (C=O) groups is 2. The van der Waals surface area contributed by atoms with Gasteiger partial charge in [-0.2, -0.15) is 0 Å². The van der Waals surface area contributed by atoms with Gasteiger partial charge in [0, 0.05) is 19.2 Å². The quantitative estimate of drug-likeness (QED) is 0.777. The third kappa shape index (κ3) is 2.69. The van der Waals surface area contributed by atoms with Crippen molar-refractivity contribution in [1.29, 1.82) is 0 Å². The van der Waals surface area contributed by atoms with Crippen LogP contribution in [-0.4, -0.2) is 24.9 Å². The van der Waals surface area contributed by atoms with E-state index in [4.69, 9.17) is 0 Å². The van der Waals surface area contributed by atoms with Crippen molar-refractivity contribution in [2.45, 2.75) is 25.7 Å². The van der Waals surface area contributed by atoms with Gasteiger partial charge in [-0.1, -0.05) is 25.0 Å². The lowest BCUT2D eigenvalue weighted by molar-refractivity contribution is 0.0926. The van der Waals surface area contributed by atoms with E-state index in [0.717, 1.165) is 30.8 Å². The normalized spacial score (nSPS) is 17.6. The second-order valence-electron chi connectivity index (χ2n) is 6.53. The summed E-state index contributed by atoms with van der Waals surface area (Å²) in [5, 5.41) is 0. The molecule has 0 unspecified atom stereocenters. The van der Waals surface area contributed by atoms with Gasteiger partial charge in [-0.05, 0) is 37.1 Å². The Balaban J connectivity index is 1.65. The summed E-state index contributed by atoms with van der Waals surface area (Å²) in [7, 11) is 0. The van der Waals surface area contributed by atoms with Crippen LogP contribution in [0.4, 0.5) is 15.8 Å². The molecule has 2 aliphatic heterocycles. The van der Waals surface area contributed by atoms with E-state index in [-0.39, 0.29) is 5.69 Å². The number of nitrogens with zero attached hydrogens (tertiary/aromatic N) is 2. The van der Waals surface area contributed by atoms with E-state index >= 15 is 0 Å². The Morgan fingerprint density at radius 3 is 1.96 bits per heavy atom. The Bertz CT molecular complexity index is 806. The Morgan fingerprint density at radius 2 is 1.40 bits per heavy atom. The van der Waals surface area contributed by atoms with Crippen LogP contribution in [-0.2, 0) is 0 Å². The van der Waals surface area contributed by atoms with Crippen molar-refractivity contribution in [3.05, 3.63) is 59.4 Å². The minimum Gasteiger partial charge on any atom is -0.369 e. The molecule has 4 rings (SSSR count). The molecule has 2 heterocycles. The van der Waals surface area contributed by atoms with Gasteiger partial charge in [0.2, 0.25) is 0 Å². The highest BCUT2D eigenvalue weighted by Crippen LogP contribution is 2.32. The SMILES string of the molecule is O=C1c2ccccc2C(=O)N1c1ccc(N2CCCCCC2)c(F)c1. The Kier molecular flexibility index (Phi) is 3.99. The smallest absolute Gasteiger partial charge is 0.266 e. The monoisotopic (exact) mass is 338 g/mol. The molecule has 2 aromatic rings. The maximum Gasteiger partial charge on any atom is 0.266 e. The van der Waals surface area contributed by atoms with E-state index in [1.54, 1.807) is 36.4 Å². The van der Waals surface area contributed by atoms with Crippen LogP contribution in [0.1, 0.15) is 46.4 Å². The van der Waals surface area contributed by atoms with Crippen LogP contribution in [0.3, 0.4) is 0 Å². The largest absolute Gasteiger partial charge is 0.369 e. The molecular formula is C20H19FN2O2. The number of benzene rings is 2. The summed E-state index contributed by atoms with van der Waals surface area (Å²) in [6.07, 6.45) is 4.45. The molecule has 0 spiro atoms. The summed E-state index contributed by atoms with van der Waals surface area (Å²) in [5.41, 5.74) is 1.55. The molecule has 0 radical (unpaired) electrons. The Hall–Kier alpha value is -2.69. The van der Waals surface area contributed by atoms with Crippen LogP contribution in [0.5, 0.6) is 0 Å². The van der Waals surface area contributed by atoms with Gasteiger partial charge in [0.05, 0.1) is 22.5 Å². The molecule has 5 heteroatoms. The number of imide groups is 1. The molecule has 0 aliphatic carbocycles. The van der Waals surface area contributed by atoms with Gasteiger partial charge in [0.1, 0.15) is 5.82 Å². The van der Waals surface area contributed by atoms with Crippen molar-refractivity contribution < 1.29 is 14.0 Å². The molecule has 0 N–H and O–H groups in total. The average molecular weight is 338 g/mol. The van der Waals surface area contributed by atoms with Crippen LogP contribution in [0.2, 0.25) is 0 Å². The number of amides is 2. The first kappa shape index (κ1) is 15.8. The summed E-state index contributed by atoms with van der Waals surface area (Å²) in [6.45, 7) is 1.67. The van der Waals surface area contributed by atoms with E-state index in [2.05, 4.69) is 4.90 Å². The first-order valence-corrected chi connectivity index (χ1v) is 8.69. The van der Waals surface area contributed by atoms with E-state index in [9.17, 15) is 14.0 Å². The van der Waals surface area contributed by atoms with Gasteiger partial charge >= 0.3 is 0 Å². The molecule has 1 saturated heterocycles. The summed E-state index contributed by atoms with van der Waals surface area (Å²) in [4.78, 5) is 28.2. The highest BCUT2D eigenvalue weighted by atomic mass is 19.1. The second kappa shape index (κ2) is 6.31. The molecule has 1 fully saturated rings. The zero-order valence-electron chi connectivity index (χ0n) is 13.9. The van der Waals surface area contributed by atoms with Crippen LogP contribution in [0, 0.1) is 5.82 Å². The lowest BCUT2D eigenvalue weighted by Gasteiger charge is -2.24. The average Bonchev–Trinajstić information content (AvgIpc) is 2.80. The number of rotatable bonds is 2. The number of carbonyl (C=O) groups excluding carboxylic acids is 2. The molecule has 0 saturated carbocycles. The molecule has 2 amide bonds. The van der Waals surface area contributed by atoms with Crippen LogP contribution < -0.4 is 9.80 Å². The van der Waals surface area contributed by atoms with Gasteiger partial charge in [0.25, 0.3) is 11.8 Å². The fraction of sp³-hybridized carbons (Fsp3) is 0.300. The van der Waals surface area contributed by atoms with Crippen molar-refractivity contribution in [1.82, 2.24) is 0 Å². The highest BCUT2D eigenvalue weighted by Gasteiger charge is 2.36. The first-order chi connectivity index (χ1) is 12.2. The van der Waals surface area contributed by atoms with E-state index in [0.29, 0.717) is 16.8 Å². The van der Waals surface area contributed by atoms with Crippen molar-refractivity contribution in [2.24, 2.45) is 0 Å². The van der Waals surface area contributed by atoms with Gasteiger partial charge in [-0.25, -0.2) is 9.29 Å². The van der Waals surface area contributed by atoms with Crippen molar-refractivity contribution in [2.75, 3.05) is 22.9 Å². The second-order valence-corrected chi connectivity index (χ2v) is 6.53. The Morgan fingerprint density at radius 1 is 0.800 bits per heavy atom. The number of halogens is 1. The van der Waals surface area contributed by atoms with E-state index in [1.165, 1.54) is 18.9 Å². The fourth-order valence-electron chi connectivity index (χ4n) is 3.63. The molecule has 2 aliphatic rings. The molecular weight excluding hydrogens is 319 g/mol. The maximum atomic E-state index is 14.7. The number of hydrogen-bond donors (Lipinski definition) is 0. The van der Waals surface area contributed by atoms with Gasteiger partial charge in [-0.3, -0.25) is 9.59 Å². The minimum atomic E-state index is -0.400. The molecule has 4 nitrogen and oxygen atoms in total. The molecule has 2 aromatic carbocycles. The lowest BCUT2D eigenvalue weighted by Crippen LogP contribution is -2.30. The zero-order valence-corrected chi connectivity index (χ0v) is 13.9. The minimum absolute atomic E-state index is 0.280. The van der Waals surface area contributed by atoms with Gasteiger partial charge < -0.3 is 4.90 Å². The number of hydrogen-bond acceptors (Lipinski definition) is 3. The topological polar surface area (TPSA) is 40.6 Å². The van der Waals surface area contributed by atoms with Gasteiger partial charge in [-0.15, -0.1) is 0 Å². The summed E-state index contributed by atoms with van der Waals surface area (Å²) >= 11 is 0. The summed E-state index contributed by atoms with van der Waals surface area (Å²) < 4.78 is 14.7. The highest BCUT2D eigenvalue weighted by molar-refractivity contribution is 6.34. The lowest BCUT2D eigenvalue weighted by atomic mass is 10.1. The maximum absolute atomic E-state index is 14.7. The van der Waals surface area contributed by atoms with Crippen molar-refractivity contribution in [3.63, 3.8) is 0 Å². The van der Waals surface area contributed by atoms with Crippen molar-refractivity contribution in [3.8, 4) is 0 Å². The van der Waals surface area contributed by atoms with Crippen LogP contribution >= 0.6 is 0 Å². The van der Waals surface area contributed by atoms with Crippen molar-refractivity contribution >= 4 is 23.2 Å². The summed E-state index contributed by atoms with van der Waals surface area (Å²) in [5.74, 6) is -1.19. The number of anilines is 2. The first-order valence-electron chi connectivity index (χ1n) is 8.69. The molecule has 0 bridgehead atoms. The van der Waals surface area contributed by atoms with E-state index < -0.39 is 17.6 Å². The van der Waals surface area contributed by atoms with E-state index in [1.807, 2.05) is 0 Å². The standard InChI is InChI=1S/C20H19FN2O2/c21-17-13-14(9-10-18(17)22-11-5-1-2-6-12-22)23-19(24)15-7-3-4-8-16(15)20(23)25/h3-4,7-10,13H,1-2,5-6,11-12H2.